The molecule has 0 aromatic carbocycles. The molecule has 0 aromatic heterocycles. The molecule has 0 bridgehead atoms. The van der Waals surface area contributed by atoms with Crippen LogP contribution in [0.15, 0.2) is 37.0 Å². The standard InChI is InChI=1S/C14H24/c1-3-5-7-9-11-13-14-12-10-8-6-4-2/h3,7,9,11,13H,1,4-6,8,10,12,14H2,2H3. The second kappa shape index (κ2) is 12.2. The van der Waals surface area contributed by atoms with E-state index in [0.717, 1.165) is 6.42 Å². The fourth-order valence-electron chi connectivity index (χ4n) is 1.29. The van der Waals surface area contributed by atoms with E-state index in [1.807, 2.05) is 6.08 Å². The molecule has 0 aliphatic heterocycles. The highest BCUT2D eigenvalue weighted by molar-refractivity contribution is 5.03. The van der Waals surface area contributed by atoms with Crippen LogP contribution in [0.3, 0.4) is 0 Å². The Labute approximate surface area is 89.4 Å². The zero-order valence-electron chi connectivity index (χ0n) is 9.54. The molecule has 0 heterocycles. The molecule has 0 heteroatoms. The molecule has 0 nitrogen and oxygen atoms in total. The fourth-order valence-corrected chi connectivity index (χ4v) is 1.29. The van der Waals surface area contributed by atoms with Gasteiger partial charge in [-0.2, -0.15) is 0 Å². The maximum atomic E-state index is 3.66. The van der Waals surface area contributed by atoms with Crippen molar-refractivity contribution in [2.75, 3.05) is 0 Å². The van der Waals surface area contributed by atoms with Crippen LogP contribution in [-0.2, 0) is 0 Å². The van der Waals surface area contributed by atoms with Crippen LogP contribution >= 0.6 is 0 Å². The smallest absolute Gasteiger partial charge is 0.0169 e. The van der Waals surface area contributed by atoms with E-state index in [4.69, 9.17) is 0 Å². The van der Waals surface area contributed by atoms with Gasteiger partial charge >= 0.3 is 0 Å². The fraction of sp³-hybridized carbons (Fsp3) is 0.571. The number of allylic oxidation sites excluding steroid dienone is 5. The van der Waals surface area contributed by atoms with Gasteiger partial charge in [-0.05, 0) is 19.3 Å². The van der Waals surface area contributed by atoms with Gasteiger partial charge in [-0.15, -0.1) is 6.58 Å². The summed E-state index contributed by atoms with van der Waals surface area (Å²) in [6.45, 7) is 5.92. The summed E-state index contributed by atoms with van der Waals surface area (Å²) in [5.41, 5.74) is 0. The van der Waals surface area contributed by atoms with Crippen molar-refractivity contribution in [1.29, 1.82) is 0 Å². The van der Waals surface area contributed by atoms with E-state index in [1.54, 1.807) is 0 Å². The van der Waals surface area contributed by atoms with E-state index < -0.39 is 0 Å². The van der Waals surface area contributed by atoms with E-state index in [-0.39, 0.29) is 0 Å². The predicted molar refractivity (Wildman–Crippen MR) is 66.5 cm³/mol. The van der Waals surface area contributed by atoms with Gasteiger partial charge in [0.05, 0.1) is 0 Å². The lowest BCUT2D eigenvalue weighted by Crippen LogP contribution is -1.75. The highest BCUT2D eigenvalue weighted by Crippen LogP contribution is 2.05. The Morgan fingerprint density at radius 1 is 0.929 bits per heavy atom. The van der Waals surface area contributed by atoms with Crippen LogP contribution in [0, 0.1) is 0 Å². The summed E-state index contributed by atoms with van der Waals surface area (Å²) in [6.07, 6.45) is 19.6. The molecule has 0 saturated heterocycles. The molecular weight excluding hydrogens is 168 g/mol. The number of hydrogen-bond donors (Lipinski definition) is 0. The van der Waals surface area contributed by atoms with Crippen molar-refractivity contribution < 1.29 is 0 Å². The Bertz CT molecular complexity index is 163. The molecule has 0 saturated carbocycles. The third-order valence-corrected chi connectivity index (χ3v) is 2.16. The summed E-state index contributed by atoms with van der Waals surface area (Å²) in [4.78, 5) is 0. The SMILES string of the molecule is C=CCC=CC=CCCCCCCC. The minimum atomic E-state index is 0.973. The summed E-state index contributed by atoms with van der Waals surface area (Å²) in [5, 5.41) is 0. The first kappa shape index (κ1) is 13.2. The molecule has 80 valence electrons. The van der Waals surface area contributed by atoms with Gasteiger partial charge in [0.2, 0.25) is 0 Å². The third-order valence-electron chi connectivity index (χ3n) is 2.16. The number of hydrogen-bond acceptors (Lipinski definition) is 0. The van der Waals surface area contributed by atoms with Gasteiger partial charge in [-0.3, -0.25) is 0 Å². The van der Waals surface area contributed by atoms with Crippen LogP contribution in [0.25, 0.3) is 0 Å². The molecular formula is C14H24. The molecule has 0 rings (SSSR count). The lowest BCUT2D eigenvalue weighted by molar-refractivity contribution is 0.637. The van der Waals surface area contributed by atoms with Gasteiger partial charge < -0.3 is 0 Å². The lowest BCUT2D eigenvalue weighted by atomic mass is 10.1. The van der Waals surface area contributed by atoms with Gasteiger partial charge in [-0.25, -0.2) is 0 Å². The van der Waals surface area contributed by atoms with Gasteiger partial charge in [0.15, 0.2) is 0 Å². The van der Waals surface area contributed by atoms with Crippen molar-refractivity contribution in [3.8, 4) is 0 Å². The van der Waals surface area contributed by atoms with Crippen molar-refractivity contribution in [3.05, 3.63) is 37.0 Å². The van der Waals surface area contributed by atoms with Crippen LogP contribution in [0.1, 0.15) is 51.9 Å². The Balaban J connectivity index is 3.14. The maximum absolute atomic E-state index is 3.66. The number of rotatable bonds is 9. The highest BCUT2D eigenvalue weighted by Gasteiger charge is 1.85. The molecule has 0 aliphatic carbocycles. The highest BCUT2D eigenvalue weighted by atomic mass is 13.9. The van der Waals surface area contributed by atoms with Crippen molar-refractivity contribution in [2.24, 2.45) is 0 Å². The summed E-state index contributed by atoms with van der Waals surface area (Å²) >= 11 is 0. The molecule has 0 unspecified atom stereocenters. The Morgan fingerprint density at radius 3 is 2.36 bits per heavy atom. The van der Waals surface area contributed by atoms with Gasteiger partial charge in [0, 0.05) is 0 Å². The van der Waals surface area contributed by atoms with Crippen LogP contribution < -0.4 is 0 Å². The minimum absolute atomic E-state index is 0.973. The molecule has 0 N–H and O–H groups in total. The average Bonchev–Trinajstić information content (AvgIpc) is 2.21. The van der Waals surface area contributed by atoms with E-state index in [0.29, 0.717) is 0 Å². The molecule has 0 amide bonds. The normalized spacial score (nSPS) is 11.5. The molecule has 14 heavy (non-hydrogen) atoms. The second-order valence-corrected chi connectivity index (χ2v) is 3.58. The second-order valence-electron chi connectivity index (χ2n) is 3.58. The molecule has 0 aromatic rings. The Hall–Kier alpha value is -0.780. The Kier molecular flexibility index (Phi) is 11.5. The van der Waals surface area contributed by atoms with Gasteiger partial charge in [0.25, 0.3) is 0 Å². The van der Waals surface area contributed by atoms with E-state index >= 15 is 0 Å². The molecule has 0 radical (unpaired) electrons. The lowest BCUT2D eigenvalue weighted by Gasteiger charge is -1.95. The number of unbranched alkanes of at least 4 members (excludes halogenated alkanes) is 5. The van der Waals surface area contributed by atoms with Crippen LogP contribution in [-0.4, -0.2) is 0 Å². The molecule has 0 aliphatic rings. The summed E-state index contributed by atoms with van der Waals surface area (Å²) in [7, 11) is 0. The van der Waals surface area contributed by atoms with Crippen LogP contribution in [0.4, 0.5) is 0 Å². The molecule has 0 fully saturated rings. The van der Waals surface area contributed by atoms with Crippen LogP contribution in [0.5, 0.6) is 0 Å². The summed E-state index contributed by atoms with van der Waals surface area (Å²) < 4.78 is 0. The van der Waals surface area contributed by atoms with Gasteiger partial charge in [-0.1, -0.05) is 63.0 Å². The quantitative estimate of drug-likeness (QED) is 0.273. The minimum Gasteiger partial charge on any atom is -0.103 e. The zero-order valence-corrected chi connectivity index (χ0v) is 9.54. The zero-order chi connectivity index (χ0) is 10.5. The first-order valence-electron chi connectivity index (χ1n) is 5.84. The average molecular weight is 192 g/mol. The first-order valence-corrected chi connectivity index (χ1v) is 5.84. The van der Waals surface area contributed by atoms with Crippen molar-refractivity contribution in [2.45, 2.75) is 51.9 Å². The van der Waals surface area contributed by atoms with E-state index in [2.05, 4.69) is 37.8 Å². The summed E-state index contributed by atoms with van der Waals surface area (Å²) in [6, 6.07) is 0. The summed E-state index contributed by atoms with van der Waals surface area (Å²) in [5.74, 6) is 0. The van der Waals surface area contributed by atoms with E-state index in [1.165, 1.54) is 38.5 Å². The van der Waals surface area contributed by atoms with Crippen molar-refractivity contribution in [1.82, 2.24) is 0 Å². The van der Waals surface area contributed by atoms with Crippen molar-refractivity contribution >= 4 is 0 Å². The largest absolute Gasteiger partial charge is 0.103 e. The van der Waals surface area contributed by atoms with Crippen molar-refractivity contribution in [3.63, 3.8) is 0 Å². The first-order chi connectivity index (χ1) is 6.91. The third kappa shape index (κ3) is 11.2. The van der Waals surface area contributed by atoms with Crippen LogP contribution in [0.2, 0.25) is 0 Å². The molecule has 0 atom stereocenters. The van der Waals surface area contributed by atoms with Gasteiger partial charge in [0.1, 0.15) is 0 Å². The van der Waals surface area contributed by atoms with E-state index in [9.17, 15) is 0 Å². The predicted octanol–water partition coefficient (Wildman–Crippen LogP) is 5.04. The topological polar surface area (TPSA) is 0 Å². The monoisotopic (exact) mass is 192 g/mol. The maximum Gasteiger partial charge on any atom is -0.0169 e. The molecule has 0 spiro atoms. The Morgan fingerprint density at radius 2 is 1.64 bits per heavy atom.